The van der Waals surface area contributed by atoms with Crippen molar-refractivity contribution in [2.45, 2.75) is 18.9 Å². The van der Waals surface area contributed by atoms with E-state index >= 15 is 0 Å². The van der Waals surface area contributed by atoms with Crippen molar-refractivity contribution >= 4 is 15.9 Å². The predicted molar refractivity (Wildman–Crippen MR) is 62.4 cm³/mol. The first-order valence-corrected chi connectivity index (χ1v) is 5.44. The van der Waals surface area contributed by atoms with Crippen LogP contribution in [-0.2, 0) is 6.42 Å². The molecule has 1 rings (SSSR count). The van der Waals surface area contributed by atoms with Crippen molar-refractivity contribution in [2.75, 3.05) is 13.6 Å². The third-order valence-corrected chi connectivity index (χ3v) is 2.52. The lowest BCUT2D eigenvalue weighted by Gasteiger charge is -2.22. The minimum Gasteiger partial charge on any atom is -0.389 e. The lowest BCUT2D eigenvalue weighted by atomic mass is 9.97. The zero-order chi connectivity index (χ0) is 10.6. The molecular weight excluding hydrogens is 242 g/mol. The predicted octanol–water partition coefficient (Wildman–Crippen LogP) is 1.96. The largest absolute Gasteiger partial charge is 0.389 e. The van der Waals surface area contributed by atoms with Crippen molar-refractivity contribution in [3.8, 4) is 0 Å². The maximum atomic E-state index is 9.98. The van der Waals surface area contributed by atoms with Crippen LogP contribution < -0.4 is 5.32 Å². The summed E-state index contributed by atoms with van der Waals surface area (Å²) in [6.07, 6.45) is 0.660. The number of benzene rings is 1. The minimum absolute atomic E-state index is 0.597. The average molecular weight is 258 g/mol. The molecule has 2 nitrogen and oxygen atoms in total. The van der Waals surface area contributed by atoms with Crippen molar-refractivity contribution in [2.24, 2.45) is 0 Å². The Bertz CT molecular complexity index is 299. The number of nitrogens with one attached hydrogen (secondary N) is 1. The molecule has 1 atom stereocenters. The lowest BCUT2D eigenvalue weighted by Crippen LogP contribution is -2.38. The van der Waals surface area contributed by atoms with Crippen LogP contribution in [0.2, 0.25) is 0 Å². The van der Waals surface area contributed by atoms with Crippen molar-refractivity contribution in [1.82, 2.24) is 5.32 Å². The van der Waals surface area contributed by atoms with Crippen molar-refractivity contribution in [1.29, 1.82) is 0 Å². The van der Waals surface area contributed by atoms with Gasteiger partial charge in [-0.05, 0) is 31.7 Å². The number of rotatable bonds is 4. The molecule has 0 fully saturated rings. The Morgan fingerprint density at radius 1 is 1.50 bits per heavy atom. The molecule has 0 aliphatic heterocycles. The molecule has 0 aliphatic carbocycles. The summed E-state index contributed by atoms with van der Waals surface area (Å²) in [7, 11) is 1.84. The molecule has 0 amide bonds. The van der Waals surface area contributed by atoms with E-state index < -0.39 is 5.60 Å². The van der Waals surface area contributed by atoms with Crippen LogP contribution >= 0.6 is 15.9 Å². The maximum Gasteiger partial charge on any atom is 0.0783 e. The van der Waals surface area contributed by atoms with E-state index in [1.165, 1.54) is 0 Å². The van der Waals surface area contributed by atoms with Crippen molar-refractivity contribution in [3.63, 3.8) is 0 Å². The van der Waals surface area contributed by atoms with Gasteiger partial charge in [0.2, 0.25) is 0 Å². The molecule has 0 heterocycles. The summed E-state index contributed by atoms with van der Waals surface area (Å²) >= 11 is 3.41. The first kappa shape index (κ1) is 11.7. The Kier molecular flexibility index (Phi) is 4.11. The summed E-state index contributed by atoms with van der Waals surface area (Å²) in [5, 5.41) is 13.0. The summed E-state index contributed by atoms with van der Waals surface area (Å²) in [4.78, 5) is 0. The van der Waals surface area contributed by atoms with Gasteiger partial charge in [0.1, 0.15) is 0 Å². The van der Waals surface area contributed by atoms with Gasteiger partial charge in [0, 0.05) is 17.4 Å². The second kappa shape index (κ2) is 4.91. The van der Waals surface area contributed by atoms with Crippen molar-refractivity contribution < 1.29 is 5.11 Å². The van der Waals surface area contributed by atoms with Gasteiger partial charge in [-0.15, -0.1) is 0 Å². The summed E-state index contributed by atoms with van der Waals surface area (Å²) in [6, 6.07) is 8.02. The Hall–Kier alpha value is -0.380. The molecule has 1 unspecified atom stereocenters. The smallest absolute Gasteiger partial charge is 0.0783 e. The molecule has 14 heavy (non-hydrogen) atoms. The second-order valence-corrected chi connectivity index (χ2v) is 4.75. The fourth-order valence-electron chi connectivity index (χ4n) is 1.53. The number of hydrogen-bond donors (Lipinski definition) is 2. The van der Waals surface area contributed by atoms with E-state index in [4.69, 9.17) is 0 Å². The highest BCUT2D eigenvalue weighted by Gasteiger charge is 2.19. The third-order valence-electron chi connectivity index (χ3n) is 2.03. The van der Waals surface area contributed by atoms with Crippen LogP contribution in [0, 0.1) is 0 Å². The molecule has 0 bridgehead atoms. The van der Waals surface area contributed by atoms with Gasteiger partial charge < -0.3 is 10.4 Å². The molecule has 0 saturated carbocycles. The van der Waals surface area contributed by atoms with Crippen LogP contribution in [0.3, 0.4) is 0 Å². The van der Waals surface area contributed by atoms with Gasteiger partial charge in [-0.1, -0.05) is 28.1 Å². The molecule has 2 N–H and O–H groups in total. The van der Waals surface area contributed by atoms with Gasteiger partial charge in [-0.3, -0.25) is 0 Å². The van der Waals surface area contributed by atoms with Crippen LogP contribution in [0.15, 0.2) is 28.7 Å². The minimum atomic E-state index is -0.685. The Morgan fingerprint density at radius 3 is 2.79 bits per heavy atom. The Balaban J connectivity index is 2.68. The monoisotopic (exact) mass is 257 g/mol. The first-order valence-electron chi connectivity index (χ1n) is 4.65. The molecule has 0 radical (unpaired) electrons. The van der Waals surface area contributed by atoms with Crippen LogP contribution in [-0.4, -0.2) is 24.3 Å². The maximum absolute atomic E-state index is 9.98. The topological polar surface area (TPSA) is 32.3 Å². The van der Waals surface area contributed by atoms with E-state index in [9.17, 15) is 5.11 Å². The number of halogens is 1. The van der Waals surface area contributed by atoms with Gasteiger partial charge >= 0.3 is 0 Å². The highest BCUT2D eigenvalue weighted by Crippen LogP contribution is 2.16. The lowest BCUT2D eigenvalue weighted by molar-refractivity contribution is 0.0622. The van der Waals surface area contributed by atoms with Crippen LogP contribution in [0.5, 0.6) is 0 Å². The Morgan fingerprint density at radius 2 is 2.21 bits per heavy atom. The SMILES string of the molecule is CNCC(C)(O)Cc1cccc(Br)c1. The van der Waals surface area contributed by atoms with E-state index in [1.807, 2.05) is 38.2 Å². The molecule has 78 valence electrons. The molecule has 0 spiro atoms. The average Bonchev–Trinajstić information content (AvgIpc) is 2.02. The van der Waals surface area contributed by atoms with Crippen LogP contribution in [0.4, 0.5) is 0 Å². The third kappa shape index (κ3) is 3.78. The van der Waals surface area contributed by atoms with Gasteiger partial charge in [-0.25, -0.2) is 0 Å². The van der Waals surface area contributed by atoms with Crippen LogP contribution in [0.1, 0.15) is 12.5 Å². The first-order chi connectivity index (χ1) is 6.53. The van der Waals surface area contributed by atoms with E-state index in [0.717, 1.165) is 10.0 Å². The second-order valence-electron chi connectivity index (χ2n) is 3.83. The molecule has 0 saturated heterocycles. The number of aliphatic hydroxyl groups is 1. The number of hydrogen-bond acceptors (Lipinski definition) is 2. The van der Waals surface area contributed by atoms with E-state index in [0.29, 0.717) is 13.0 Å². The molecule has 0 aromatic heterocycles. The molecule has 0 aliphatic rings. The fraction of sp³-hybridized carbons (Fsp3) is 0.455. The summed E-state index contributed by atoms with van der Waals surface area (Å²) < 4.78 is 1.05. The molecule has 1 aromatic rings. The fourth-order valence-corrected chi connectivity index (χ4v) is 1.98. The number of likely N-dealkylation sites (N-methyl/N-ethyl adjacent to an activating group) is 1. The summed E-state index contributed by atoms with van der Waals surface area (Å²) in [5.74, 6) is 0. The van der Waals surface area contributed by atoms with Gasteiger partial charge in [0.05, 0.1) is 5.60 Å². The van der Waals surface area contributed by atoms with E-state index in [1.54, 1.807) is 0 Å². The molecular formula is C11H16BrNO. The quantitative estimate of drug-likeness (QED) is 0.865. The summed E-state index contributed by atoms with van der Waals surface area (Å²) in [5.41, 5.74) is 0.454. The van der Waals surface area contributed by atoms with E-state index in [-0.39, 0.29) is 0 Å². The zero-order valence-electron chi connectivity index (χ0n) is 8.55. The highest BCUT2D eigenvalue weighted by molar-refractivity contribution is 9.10. The Labute approximate surface area is 93.5 Å². The standard InChI is InChI=1S/C11H16BrNO/c1-11(14,8-13-2)7-9-4-3-5-10(12)6-9/h3-6,13-14H,7-8H2,1-2H3. The van der Waals surface area contributed by atoms with E-state index in [2.05, 4.69) is 21.2 Å². The van der Waals surface area contributed by atoms with Gasteiger partial charge in [0.15, 0.2) is 0 Å². The highest BCUT2D eigenvalue weighted by atomic mass is 79.9. The molecule has 3 heteroatoms. The summed E-state index contributed by atoms with van der Waals surface area (Å²) in [6.45, 7) is 2.43. The zero-order valence-corrected chi connectivity index (χ0v) is 10.1. The van der Waals surface area contributed by atoms with Crippen LogP contribution in [0.25, 0.3) is 0 Å². The van der Waals surface area contributed by atoms with Crippen molar-refractivity contribution in [3.05, 3.63) is 34.3 Å². The normalized spacial score (nSPS) is 15.1. The molecule has 1 aromatic carbocycles. The van der Waals surface area contributed by atoms with Gasteiger partial charge in [0.25, 0.3) is 0 Å². The van der Waals surface area contributed by atoms with Gasteiger partial charge in [-0.2, -0.15) is 0 Å².